The largest absolute Gasteiger partial charge is 0.351 e. The number of carbonyl (C=O) groups is 2. The van der Waals surface area contributed by atoms with Gasteiger partial charge in [-0.05, 0) is 6.07 Å². The minimum Gasteiger partial charge on any atom is -0.351 e. The molecule has 3 N–H and O–H groups in total. The first-order valence-corrected chi connectivity index (χ1v) is 6.68. The maximum atomic E-state index is 11.8. The fraction of sp³-hybridized carbons (Fsp3) is 0.300. The average Bonchev–Trinajstić information content (AvgIpc) is 2.27. The molecule has 0 fully saturated rings. The molecule has 0 unspecified atom stereocenters. The van der Waals surface area contributed by atoms with E-state index in [4.69, 9.17) is 5.73 Å². The molecule has 0 spiro atoms. The van der Waals surface area contributed by atoms with E-state index in [1.54, 1.807) is 18.8 Å². The van der Waals surface area contributed by atoms with Gasteiger partial charge in [-0.25, -0.2) is 14.5 Å². The first-order valence-electron chi connectivity index (χ1n) is 5.20. The van der Waals surface area contributed by atoms with E-state index in [0.29, 0.717) is 0 Å². The topological polar surface area (TPSA) is 122 Å². The predicted octanol–water partition coefficient (Wildman–Crippen LogP) is -0.931. The third-order valence-corrected chi connectivity index (χ3v) is 3.53. The number of carbonyl (C=O) groups excluding carboxylic acids is 2. The van der Waals surface area contributed by atoms with Crippen LogP contribution >= 0.6 is 0 Å². The van der Waals surface area contributed by atoms with Gasteiger partial charge in [-0.2, -0.15) is 8.42 Å². The number of nitrogens with one attached hydrogen (secondary N) is 1. The highest BCUT2D eigenvalue weighted by atomic mass is 32.2. The summed E-state index contributed by atoms with van der Waals surface area (Å²) in [5.41, 5.74) is 4.97. The Bertz CT molecular complexity index is 597. The van der Waals surface area contributed by atoms with Gasteiger partial charge in [0, 0.05) is 25.9 Å². The zero-order chi connectivity index (χ0) is 14.6. The highest BCUT2D eigenvalue weighted by Crippen LogP contribution is 2.13. The number of nitrogens with two attached hydrogens (primary N) is 1. The van der Waals surface area contributed by atoms with Gasteiger partial charge >= 0.3 is 6.03 Å². The van der Waals surface area contributed by atoms with Crippen LogP contribution in [0, 0.1) is 0 Å². The number of pyridine rings is 1. The predicted molar refractivity (Wildman–Crippen MR) is 66.5 cm³/mol. The van der Waals surface area contributed by atoms with Gasteiger partial charge in [0.2, 0.25) is 5.91 Å². The van der Waals surface area contributed by atoms with Crippen LogP contribution in [0.15, 0.2) is 23.4 Å². The van der Waals surface area contributed by atoms with E-state index in [-0.39, 0.29) is 22.9 Å². The summed E-state index contributed by atoms with van der Waals surface area (Å²) in [6, 6.07) is 1.74. The molecule has 8 nitrogen and oxygen atoms in total. The zero-order valence-electron chi connectivity index (χ0n) is 10.5. The SMILES string of the molecule is CN(C)C(=O)Cc1cccnc1S(=O)(=O)NC(N)=O. The zero-order valence-corrected chi connectivity index (χ0v) is 11.3. The molecule has 0 atom stereocenters. The van der Waals surface area contributed by atoms with Crippen LogP contribution in [0.1, 0.15) is 5.56 Å². The van der Waals surface area contributed by atoms with E-state index < -0.39 is 16.1 Å². The number of primary amides is 1. The summed E-state index contributed by atoms with van der Waals surface area (Å²) in [6.45, 7) is 0. The number of sulfonamides is 1. The van der Waals surface area contributed by atoms with Crippen LogP contribution in [-0.4, -0.2) is 44.3 Å². The van der Waals surface area contributed by atoms with Crippen molar-refractivity contribution in [1.29, 1.82) is 0 Å². The van der Waals surface area contributed by atoms with E-state index in [1.807, 2.05) is 0 Å². The van der Waals surface area contributed by atoms with Crippen molar-refractivity contribution in [2.45, 2.75) is 11.4 Å². The number of hydrogen-bond donors (Lipinski definition) is 2. The molecule has 0 saturated heterocycles. The van der Waals surface area contributed by atoms with Crippen molar-refractivity contribution in [3.63, 3.8) is 0 Å². The molecule has 3 amide bonds. The van der Waals surface area contributed by atoms with Crippen molar-refractivity contribution in [2.75, 3.05) is 14.1 Å². The van der Waals surface area contributed by atoms with Crippen LogP contribution in [0.2, 0.25) is 0 Å². The molecule has 0 aliphatic rings. The summed E-state index contributed by atoms with van der Waals surface area (Å²) < 4.78 is 25.2. The molecule has 1 rings (SSSR count). The molecule has 1 heterocycles. The Morgan fingerprint density at radius 1 is 1.42 bits per heavy atom. The standard InChI is InChI=1S/C10H14N4O4S/c1-14(2)8(15)6-7-4-3-5-12-9(7)19(17,18)13-10(11)16/h3-5H,6H2,1-2H3,(H3,11,13,16). The lowest BCUT2D eigenvalue weighted by Gasteiger charge is -2.12. The molecular weight excluding hydrogens is 272 g/mol. The van der Waals surface area contributed by atoms with Crippen molar-refractivity contribution < 1.29 is 18.0 Å². The number of likely N-dealkylation sites (N-methyl/N-ethyl adjacent to an activating group) is 1. The molecule has 1 aromatic rings. The third-order valence-electron chi connectivity index (χ3n) is 2.18. The first kappa shape index (κ1) is 14.9. The second kappa shape index (κ2) is 5.65. The lowest BCUT2D eigenvalue weighted by molar-refractivity contribution is -0.128. The molecule has 0 aromatic carbocycles. The maximum absolute atomic E-state index is 11.8. The van der Waals surface area contributed by atoms with Gasteiger partial charge in [0.15, 0.2) is 5.03 Å². The number of nitrogens with zero attached hydrogens (tertiary/aromatic N) is 2. The van der Waals surface area contributed by atoms with Crippen LogP contribution < -0.4 is 10.5 Å². The quantitative estimate of drug-likeness (QED) is 0.740. The molecule has 0 bridgehead atoms. The second-order valence-electron chi connectivity index (χ2n) is 3.90. The minimum absolute atomic E-state index is 0.143. The Balaban J connectivity index is 3.16. The molecule has 1 aromatic heterocycles. The first-order chi connectivity index (χ1) is 8.74. The highest BCUT2D eigenvalue weighted by molar-refractivity contribution is 7.90. The van der Waals surface area contributed by atoms with E-state index in [0.717, 1.165) is 0 Å². The Hall–Kier alpha value is -2.16. The Kier molecular flexibility index (Phi) is 4.43. The number of aromatic nitrogens is 1. The van der Waals surface area contributed by atoms with Crippen LogP contribution in [-0.2, 0) is 21.2 Å². The van der Waals surface area contributed by atoms with E-state index >= 15 is 0 Å². The summed E-state index contributed by atoms with van der Waals surface area (Å²) in [6.07, 6.45) is 1.11. The van der Waals surface area contributed by atoms with Gasteiger partial charge in [0.05, 0.1) is 6.42 Å². The summed E-state index contributed by atoms with van der Waals surface area (Å²) in [4.78, 5) is 27.3. The summed E-state index contributed by atoms with van der Waals surface area (Å²) in [7, 11) is -1.07. The molecular formula is C10H14N4O4S. The minimum atomic E-state index is -4.17. The molecule has 0 aliphatic carbocycles. The fourth-order valence-electron chi connectivity index (χ4n) is 1.30. The Morgan fingerprint density at radius 3 is 2.58 bits per heavy atom. The van der Waals surface area contributed by atoms with Crippen molar-refractivity contribution in [3.8, 4) is 0 Å². The normalized spacial score (nSPS) is 10.8. The maximum Gasteiger partial charge on any atom is 0.326 e. The van der Waals surface area contributed by atoms with Gasteiger partial charge in [-0.3, -0.25) is 4.79 Å². The molecule has 0 radical (unpaired) electrons. The van der Waals surface area contributed by atoms with Gasteiger partial charge in [-0.1, -0.05) is 6.07 Å². The highest BCUT2D eigenvalue weighted by Gasteiger charge is 2.23. The third kappa shape index (κ3) is 3.91. The van der Waals surface area contributed by atoms with Crippen LogP contribution in [0.25, 0.3) is 0 Å². The smallest absolute Gasteiger partial charge is 0.326 e. The van der Waals surface area contributed by atoms with Crippen molar-refractivity contribution in [1.82, 2.24) is 14.6 Å². The molecule has 0 saturated carbocycles. The van der Waals surface area contributed by atoms with Crippen LogP contribution in [0.5, 0.6) is 0 Å². The molecule has 9 heteroatoms. The van der Waals surface area contributed by atoms with Gasteiger partial charge in [0.25, 0.3) is 10.0 Å². The van der Waals surface area contributed by atoms with E-state index in [2.05, 4.69) is 4.98 Å². The van der Waals surface area contributed by atoms with E-state index in [9.17, 15) is 18.0 Å². The van der Waals surface area contributed by atoms with Crippen molar-refractivity contribution >= 4 is 22.0 Å². The van der Waals surface area contributed by atoms with Gasteiger partial charge in [0.1, 0.15) is 0 Å². The van der Waals surface area contributed by atoms with Crippen LogP contribution in [0.3, 0.4) is 0 Å². The summed E-state index contributed by atoms with van der Waals surface area (Å²) in [5, 5.41) is -0.385. The molecule has 0 aliphatic heterocycles. The van der Waals surface area contributed by atoms with Gasteiger partial charge in [-0.15, -0.1) is 0 Å². The Labute approximate surface area is 110 Å². The summed E-state index contributed by atoms with van der Waals surface area (Å²) in [5.74, 6) is -0.288. The monoisotopic (exact) mass is 286 g/mol. The Morgan fingerprint density at radius 2 is 2.05 bits per heavy atom. The molecule has 19 heavy (non-hydrogen) atoms. The molecule has 104 valence electrons. The second-order valence-corrected chi connectivity index (χ2v) is 5.50. The lowest BCUT2D eigenvalue weighted by atomic mass is 10.2. The average molecular weight is 286 g/mol. The lowest BCUT2D eigenvalue weighted by Crippen LogP contribution is -2.36. The fourth-order valence-corrected chi connectivity index (χ4v) is 2.35. The number of hydrogen-bond acceptors (Lipinski definition) is 5. The van der Waals surface area contributed by atoms with Crippen molar-refractivity contribution in [2.24, 2.45) is 5.73 Å². The number of urea groups is 1. The van der Waals surface area contributed by atoms with Crippen LogP contribution in [0.4, 0.5) is 4.79 Å². The summed E-state index contributed by atoms with van der Waals surface area (Å²) >= 11 is 0. The van der Waals surface area contributed by atoms with Crippen molar-refractivity contribution in [3.05, 3.63) is 23.9 Å². The number of rotatable bonds is 4. The van der Waals surface area contributed by atoms with E-state index in [1.165, 1.54) is 23.2 Å². The number of amides is 3. The van der Waals surface area contributed by atoms with Gasteiger partial charge < -0.3 is 10.6 Å².